The van der Waals surface area contributed by atoms with E-state index in [2.05, 4.69) is 0 Å². The largest absolute Gasteiger partial charge is 0.545 e. The number of carbonyl (C=O) groups excluding carboxylic acids is 2. The number of hydrogen-bond acceptors (Lipinski definition) is 5. The summed E-state index contributed by atoms with van der Waals surface area (Å²) in [4.78, 5) is 25.7. The minimum atomic E-state index is -1.29. The van der Waals surface area contributed by atoms with Gasteiger partial charge >= 0.3 is 0 Å². The highest BCUT2D eigenvalue weighted by Gasteiger charge is 2.33. The highest BCUT2D eigenvalue weighted by Crippen LogP contribution is 2.36. The number of carboxylic acids is 1. The van der Waals surface area contributed by atoms with Gasteiger partial charge in [-0.2, -0.15) is 0 Å². The summed E-state index contributed by atoms with van der Waals surface area (Å²) in [6, 6.07) is 14.2. The lowest BCUT2D eigenvalue weighted by molar-refractivity contribution is -0.255. The van der Waals surface area contributed by atoms with E-state index < -0.39 is 5.97 Å². The van der Waals surface area contributed by atoms with Crippen LogP contribution in [0.15, 0.2) is 65.6 Å². The molecule has 0 bridgehead atoms. The first kappa shape index (κ1) is 18.1. The fourth-order valence-corrected chi connectivity index (χ4v) is 3.71. The first-order valence-corrected chi connectivity index (χ1v) is 9.01. The molecule has 6 heteroatoms. The second kappa shape index (κ2) is 7.68. The van der Waals surface area contributed by atoms with Gasteiger partial charge in [-0.05, 0) is 35.8 Å². The molecule has 0 aromatic heterocycles. The average Bonchev–Trinajstić information content (AvgIpc) is 2.90. The molecule has 2 aromatic rings. The first-order valence-electron chi connectivity index (χ1n) is 7.79. The van der Waals surface area contributed by atoms with Gasteiger partial charge in [-0.1, -0.05) is 78.6 Å². The minimum Gasteiger partial charge on any atom is -0.545 e. The molecule has 0 saturated carbocycles. The summed E-state index contributed by atoms with van der Waals surface area (Å²) < 4.78 is 0.368. The molecule has 1 amide bonds. The van der Waals surface area contributed by atoms with Crippen molar-refractivity contribution in [1.29, 1.82) is 0 Å². The lowest BCUT2D eigenvalue weighted by Gasteiger charge is -2.18. The number of nitrogens with zero attached hydrogens (tertiary/aromatic N) is 1. The summed E-state index contributed by atoms with van der Waals surface area (Å²) in [5, 5.41) is 11.1. The van der Waals surface area contributed by atoms with Gasteiger partial charge in [-0.25, -0.2) is 0 Å². The molecule has 0 atom stereocenters. The third-order valence-electron chi connectivity index (χ3n) is 3.82. The number of aryl methyl sites for hydroxylation is 1. The monoisotopic (exact) mass is 380 g/mol. The molecule has 0 aliphatic carbocycles. The topological polar surface area (TPSA) is 60.4 Å². The zero-order valence-electron chi connectivity index (χ0n) is 13.8. The Hall–Kier alpha value is -2.70. The lowest BCUT2D eigenvalue weighted by atomic mass is 10.1. The number of rotatable bonds is 4. The van der Waals surface area contributed by atoms with E-state index in [1.807, 2.05) is 36.4 Å². The molecule has 0 N–H and O–H groups in total. The Morgan fingerprint density at radius 2 is 1.92 bits per heavy atom. The number of anilines is 1. The molecule has 3 rings (SSSR count). The van der Waals surface area contributed by atoms with Crippen molar-refractivity contribution in [2.45, 2.75) is 6.92 Å². The van der Waals surface area contributed by atoms with E-state index in [-0.39, 0.29) is 11.5 Å². The third kappa shape index (κ3) is 3.76. The Labute approximate surface area is 160 Å². The van der Waals surface area contributed by atoms with Gasteiger partial charge in [0.25, 0.3) is 5.91 Å². The summed E-state index contributed by atoms with van der Waals surface area (Å²) >= 11 is 6.52. The summed E-state index contributed by atoms with van der Waals surface area (Å²) in [7, 11) is 0. The quantitative estimate of drug-likeness (QED) is 0.602. The minimum absolute atomic E-state index is 0.00704. The van der Waals surface area contributed by atoms with E-state index in [9.17, 15) is 14.7 Å². The van der Waals surface area contributed by atoms with Crippen molar-refractivity contribution in [3.05, 3.63) is 82.3 Å². The van der Waals surface area contributed by atoms with Crippen LogP contribution in [0.5, 0.6) is 0 Å². The zero-order chi connectivity index (χ0) is 18.7. The summed E-state index contributed by atoms with van der Waals surface area (Å²) in [5.41, 5.74) is 2.25. The van der Waals surface area contributed by atoms with E-state index in [1.54, 1.807) is 25.1 Å². The summed E-state index contributed by atoms with van der Waals surface area (Å²) in [6.07, 6.45) is 5.41. The van der Waals surface area contributed by atoms with Gasteiger partial charge in [-0.3, -0.25) is 9.69 Å². The molecule has 4 nitrogen and oxygen atoms in total. The Morgan fingerprint density at radius 3 is 2.62 bits per heavy atom. The van der Waals surface area contributed by atoms with Gasteiger partial charge in [0.1, 0.15) is 0 Å². The van der Waals surface area contributed by atoms with Gasteiger partial charge in [0.05, 0.1) is 16.6 Å². The molecule has 130 valence electrons. The van der Waals surface area contributed by atoms with Crippen molar-refractivity contribution in [1.82, 2.24) is 0 Å². The Bertz CT molecular complexity index is 949. The maximum Gasteiger partial charge on any atom is 0.270 e. The van der Waals surface area contributed by atoms with Gasteiger partial charge in [-0.15, -0.1) is 0 Å². The SMILES string of the molecule is Cc1ccc(C(=O)[O-])cc1N1C(=O)/C(=C/C=C/c2ccccc2)SC1=S. The molecule has 1 heterocycles. The van der Waals surface area contributed by atoms with Crippen molar-refractivity contribution >= 4 is 51.9 Å². The van der Waals surface area contributed by atoms with Crippen molar-refractivity contribution < 1.29 is 14.7 Å². The smallest absolute Gasteiger partial charge is 0.270 e. The molecule has 26 heavy (non-hydrogen) atoms. The second-order valence-corrected chi connectivity index (χ2v) is 7.27. The third-order valence-corrected chi connectivity index (χ3v) is 5.14. The molecule has 1 aliphatic heterocycles. The van der Waals surface area contributed by atoms with Gasteiger partial charge < -0.3 is 9.90 Å². The molecule has 1 fully saturated rings. The number of carbonyl (C=O) groups is 2. The maximum absolute atomic E-state index is 12.7. The average molecular weight is 380 g/mol. The summed E-state index contributed by atoms with van der Waals surface area (Å²) in [6.45, 7) is 1.80. The number of thiocarbonyl (C=S) groups is 1. The molecular formula is C20H14NO3S2-. The number of carboxylic acid groups (broad SMARTS) is 1. The highest BCUT2D eigenvalue weighted by atomic mass is 32.2. The van der Waals surface area contributed by atoms with E-state index in [0.717, 1.165) is 11.1 Å². The van der Waals surface area contributed by atoms with Gasteiger partial charge in [0.2, 0.25) is 0 Å². The van der Waals surface area contributed by atoms with E-state index >= 15 is 0 Å². The van der Waals surface area contributed by atoms with Crippen LogP contribution in [0.2, 0.25) is 0 Å². The van der Waals surface area contributed by atoms with Crippen LogP contribution in [0.4, 0.5) is 5.69 Å². The highest BCUT2D eigenvalue weighted by molar-refractivity contribution is 8.27. The zero-order valence-corrected chi connectivity index (χ0v) is 15.5. The lowest BCUT2D eigenvalue weighted by Crippen LogP contribution is -2.29. The Balaban J connectivity index is 1.88. The van der Waals surface area contributed by atoms with E-state index in [1.165, 1.54) is 28.8 Å². The van der Waals surface area contributed by atoms with E-state index in [0.29, 0.717) is 14.9 Å². The molecule has 1 saturated heterocycles. The number of thioether (sulfide) groups is 1. The number of hydrogen-bond donors (Lipinski definition) is 0. The van der Waals surface area contributed by atoms with E-state index in [4.69, 9.17) is 12.2 Å². The Morgan fingerprint density at radius 1 is 1.19 bits per heavy atom. The number of aromatic carboxylic acids is 1. The maximum atomic E-state index is 12.7. The van der Waals surface area contributed by atoms with Crippen LogP contribution in [-0.2, 0) is 4.79 Å². The van der Waals surface area contributed by atoms with Crippen molar-refractivity contribution in [3.63, 3.8) is 0 Å². The van der Waals surface area contributed by atoms with Crippen molar-refractivity contribution in [2.75, 3.05) is 4.90 Å². The molecule has 0 unspecified atom stereocenters. The van der Waals surface area contributed by atoms with Crippen LogP contribution in [0.3, 0.4) is 0 Å². The van der Waals surface area contributed by atoms with Crippen LogP contribution in [0, 0.1) is 6.92 Å². The fourth-order valence-electron chi connectivity index (χ4n) is 2.48. The predicted molar refractivity (Wildman–Crippen MR) is 107 cm³/mol. The van der Waals surface area contributed by atoms with Crippen LogP contribution >= 0.6 is 24.0 Å². The molecular weight excluding hydrogens is 366 g/mol. The van der Waals surface area contributed by atoms with Crippen LogP contribution in [0.25, 0.3) is 6.08 Å². The normalized spacial score (nSPS) is 16.0. The number of allylic oxidation sites excluding steroid dienone is 2. The van der Waals surface area contributed by atoms with Crippen LogP contribution in [-0.4, -0.2) is 16.2 Å². The first-order chi connectivity index (χ1) is 12.5. The number of amides is 1. The van der Waals surface area contributed by atoms with Crippen molar-refractivity contribution in [2.24, 2.45) is 0 Å². The predicted octanol–water partition coefficient (Wildman–Crippen LogP) is 3.32. The number of benzene rings is 2. The molecule has 0 radical (unpaired) electrons. The fraction of sp³-hybridized carbons (Fsp3) is 0.0500. The van der Waals surface area contributed by atoms with Crippen LogP contribution < -0.4 is 10.0 Å². The van der Waals surface area contributed by atoms with Crippen LogP contribution in [0.1, 0.15) is 21.5 Å². The summed E-state index contributed by atoms with van der Waals surface area (Å²) in [5.74, 6) is -1.56. The molecule has 0 spiro atoms. The van der Waals surface area contributed by atoms with Gasteiger partial charge in [0.15, 0.2) is 4.32 Å². The van der Waals surface area contributed by atoms with Crippen molar-refractivity contribution in [3.8, 4) is 0 Å². The second-order valence-electron chi connectivity index (χ2n) is 5.60. The molecule has 2 aromatic carbocycles. The standard InChI is InChI=1S/C20H15NO3S2/c1-13-10-11-15(19(23)24)12-16(13)21-18(22)17(26-20(21)25)9-5-8-14-6-3-2-4-7-14/h2-12H,1H3,(H,23,24)/p-1/b8-5+,17-9-. The molecule has 1 aliphatic rings. The van der Waals surface area contributed by atoms with Gasteiger partial charge in [0, 0.05) is 0 Å². The Kier molecular flexibility index (Phi) is 5.35.